The van der Waals surface area contributed by atoms with Crippen LogP contribution in [-0.2, 0) is 21.7 Å². The molecule has 4 aromatic rings. The number of hydrogen-bond acceptors (Lipinski definition) is 0. The fourth-order valence-corrected chi connectivity index (χ4v) is 6.88. The average molecular weight is 605 g/mol. The van der Waals surface area contributed by atoms with Crippen LogP contribution in [0.25, 0.3) is 0 Å². The summed E-state index contributed by atoms with van der Waals surface area (Å²) in [5.41, 5.74) is 7.96. The third kappa shape index (κ3) is 6.85. The summed E-state index contributed by atoms with van der Waals surface area (Å²) in [5, 5.41) is 0. The number of aromatic nitrogens is 4. The lowest BCUT2D eigenvalue weighted by Crippen LogP contribution is -2.29. The first kappa shape index (κ1) is 34.0. The Morgan fingerprint density at radius 2 is 0.800 bits per heavy atom. The maximum atomic E-state index is 4.07. The summed E-state index contributed by atoms with van der Waals surface area (Å²) in [7, 11) is 0. The summed E-state index contributed by atoms with van der Waals surface area (Å²) in [6.45, 7) is 27.7. The fourth-order valence-electron chi connectivity index (χ4n) is 6.88. The van der Waals surface area contributed by atoms with Crippen molar-refractivity contribution >= 4 is 0 Å². The smallest absolute Gasteiger partial charge is 0.0478 e. The van der Waals surface area contributed by atoms with Crippen molar-refractivity contribution in [3.8, 4) is 0 Å². The standard InChI is InChI=1S/C41H56N4/c1-10-14-26-38(5,6)31-20-21-34(43-31)40(8,28-16-12-3)35-24-25-37(45-35)41(9,29-17-13-4)36-23-22-33(44-36)39(7,27-15-11-2)32-19-18-30-42-32/h10-13,18-25,30,42-45H,1-4,14-17,26-29H2,5-9H3/t39?,40?,41-/m1/s1. The van der Waals surface area contributed by atoms with Gasteiger partial charge in [0.1, 0.15) is 0 Å². The van der Waals surface area contributed by atoms with E-state index in [-0.39, 0.29) is 21.7 Å². The van der Waals surface area contributed by atoms with E-state index in [1.807, 2.05) is 30.5 Å². The Bertz CT molecular complexity index is 1560. The van der Waals surface area contributed by atoms with E-state index in [0.717, 1.165) is 51.4 Å². The third-order valence-electron chi connectivity index (χ3n) is 10.5. The van der Waals surface area contributed by atoms with Crippen LogP contribution in [0.5, 0.6) is 0 Å². The second-order valence-electron chi connectivity index (χ2n) is 14.1. The van der Waals surface area contributed by atoms with Crippen LogP contribution < -0.4 is 0 Å². The van der Waals surface area contributed by atoms with Crippen LogP contribution in [0.3, 0.4) is 0 Å². The molecule has 0 fully saturated rings. The highest BCUT2D eigenvalue weighted by atomic mass is 14.9. The minimum atomic E-state index is -0.257. The van der Waals surface area contributed by atoms with Crippen LogP contribution in [0.4, 0.5) is 0 Å². The first-order chi connectivity index (χ1) is 21.5. The van der Waals surface area contributed by atoms with Gasteiger partial charge in [-0.2, -0.15) is 0 Å². The summed E-state index contributed by atoms with van der Waals surface area (Å²) in [4.78, 5) is 15.2. The van der Waals surface area contributed by atoms with E-state index >= 15 is 0 Å². The molecule has 0 aliphatic heterocycles. The number of aromatic amines is 4. The van der Waals surface area contributed by atoms with Gasteiger partial charge in [-0.3, -0.25) is 0 Å². The molecular weight excluding hydrogens is 548 g/mol. The Morgan fingerprint density at radius 1 is 0.467 bits per heavy atom. The van der Waals surface area contributed by atoms with Gasteiger partial charge in [0, 0.05) is 67.7 Å². The second kappa shape index (κ2) is 14.0. The average Bonchev–Trinajstić information content (AvgIpc) is 3.86. The Balaban J connectivity index is 1.75. The van der Waals surface area contributed by atoms with Crippen LogP contribution in [0, 0.1) is 0 Å². The summed E-state index contributed by atoms with van der Waals surface area (Å²) in [6.07, 6.45) is 17.8. The lowest BCUT2D eigenvalue weighted by atomic mass is 9.78. The van der Waals surface area contributed by atoms with Gasteiger partial charge in [0.2, 0.25) is 0 Å². The minimum Gasteiger partial charge on any atom is -0.364 e. The molecule has 0 aromatic carbocycles. The summed E-state index contributed by atoms with van der Waals surface area (Å²) in [6, 6.07) is 18.0. The van der Waals surface area contributed by atoms with Crippen LogP contribution in [0.2, 0.25) is 0 Å². The van der Waals surface area contributed by atoms with E-state index in [2.05, 4.69) is 129 Å². The molecule has 240 valence electrons. The highest BCUT2D eigenvalue weighted by Gasteiger charge is 2.38. The van der Waals surface area contributed by atoms with Crippen LogP contribution in [0.1, 0.15) is 126 Å². The molecule has 2 unspecified atom stereocenters. The van der Waals surface area contributed by atoms with Gasteiger partial charge in [-0.25, -0.2) is 0 Å². The van der Waals surface area contributed by atoms with Gasteiger partial charge in [-0.1, -0.05) is 38.2 Å². The number of hydrogen-bond donors (Lipinski definition) is 4. The molecule has 0 bridgehead atoms. The monoisotopic (exact) mass is 604 g/mol. The molecule has 4 heterocycles. The first-order valence-corrected chi connectivity index (χ1v) is 16.7. The largest absolute Gasteiger partial charge is 0.364 e. The van der Waals surface area contributed by atoms with Crippen molar-refractivity contribution in [2.75, 3.05) is 0 Å². The molecule has 4 rings (SSSR count). The minimum absolute atomic E-state index is 0.0432. The van der Waals surface area contributed by atoms with E-state index in [0.29, 0.717) is 0 Å². The molecule has 0 radical (unpaired) electrons. The maximum absolute atomic E-state index is 4.07. The normalized spacial score (nSPS) is 15.9. The predicted octanol–water partition coefficient (Wildman–Crippen LogP) is 11.1. The van der Waals surface area contributed by atoms with E-state index < -0.39 is 0 Å². The van der Waals surface area contributed by atoms with Gasteiger partial charge in [-0.15, -0.1) is 26.3 Å². The van der Waals surface area contributed by atoms with Crippen molar-refractivity contribution in [3.63, 3.8) is 0 Å². The molecule has 45 heavy (non-hydrogen) atoms. The third-order valence-corrected chi connectivity index (χ3v) is 10.5. The Labute approximate surface area is 272 Å². The molecule has 0 spiro atoms. The molecular formula is C41H56N4. The molecule has 0 aliphatic rings. The van der Waals surface area contributed by atoms with E-state index in [1.54, 1.807) is 0 Å². The highest BCUT2D eigenvalue weighted by Crippen LogP contribution is 2.43. The summed E-state index contributed by atoms with van der Waals surface area (Å²) < 4.78 is 0. The number of rotatable bonds is 19. The lowest BCUT2D eigenvalue weighted by molar-refractivity contribution is 0.456. The van der Waals surface area contributed by atoms with Crippen molar-refractivity contribution < 1.29 is 0 Å². The molecule has 4 nitrogen and oxygen atoms in total. The molecule has 4 N–H and O–H groups in total. The number of H-pyrrole nitrogens is 4. The van der Waals surface area contributed by atoms with Crippen LogP contribution in [0.15, 0.2) is 105 Å². The van der Waals surface area contributed by atoms with Crippen molar-refractivity contribution in [2.24, 2.45) is 0 Å². The quantitative estimate of drug-likeness (QED) is 0.0770. The zero-order chi connectivity index (χ0) is 32.7. The molecule has 4 aromatic heterocycles. The SMILES string of the molecule is C=CCCC(C)(C)c1ccc(C(C)(CCC=C)c2ccc([C@](C)(CCC=C)c3ccc(C(C)(CCC=C)c4ccc[nH]4)[nH]3)[nH]2)[nH]1. The van der Waals surface area contributed by atoms with Crippen molar-refractivity contribution in [3.05, 3.63) is 145 Å². The van der Waals surface area contributed by atoms with Crippen molar-refractivity contribution in [2.45, 2.75) is 108 Å². The molecule has 0 amide bonds. The van der Waals surface area contributed by atoms with Crippen LogP contribution in [-0.4, -0.2) is 19.9 Å². The maximum Gasteiger partial charge on any atom is 0.0478 e. The van der Waals surface area contributed by atoms with E-state index in [4.69, 9.17) is 0 Å². The fraction of sp³-hybridized carbons (Fsp3) is 0.415. The zero-order valence-corrected chi connectivity index (χ0v) is 28.5. The molecule has 0 saturated carbocycles. The van der Waals surface area contributed by atoms with Gasteiger partial charge in [0.15, 0.2) is 0 Å². The zero-order valence-electron chi connectivity index (χ0n) is 28.5. The lowest BCUT2D eigenvalue weighted by Gasteiger charge is -2.32. The highest BCUT2D eigenvalue weighted by molar-refractivity contribution is 5.41. The Kier molecular flexibility index (Phi) is 10.6. The van der Waals surface area contributed by atoms with E-state index in [1.165, 1.54) is 39.9 Å². The van der Waals surface area contributed by atoms with E-state index in [9.17, 15) is 0 Å². The van der Waals surface area contributed by atoms with Gasteiger partial charge in [0.05, 0.1) is 0 Å². The molecule has 3 atom stereocenters. The second-order valence-corrected chi connectivity index (χ2v) is 14.1. The van der Waals surface area contributed by atoms with Crippen molar-refractivity contribution in [1.82, 2.24) is 19.9 Å². The molecule has 0 saturated heterocycles. The summed E-state index contributed by atoms with van der Waals surface area (Å²) >= 11 is 0. The Morgan fingerprint density at radius 3 is 1.16 bits per heavy atom. The van der Waals surface area contributed by atoms with Gasteiger partial charge in [-0.05, 0) is 121 Å². The molecule has 4 heteroatoms. The first-order valence-electron chi connectivity index (χ1n) is 16.7. The van der Waals surface area contributed by atoms with Gasteiger partial charge in [0.25, 0.3) is 0 Å². The predicted molar refractivity (Wildman–Crippen MR) is 193 cm³/mol. The number of allylic oxidation sites excluding steroid dienone is 4. The van der Waals surface area contributed by atoms with Crippen molar-refractivity contribution in [1.29, 1.82) is 0 Å². The van der Waals surface area contributed by atoms with Gasteiger partial charge < -0.3 is 19.9 Å². The van der Waals surface area contributed by atoms with Crippen LogP contribution >= 0.6 is 0 Å². The Hall–Kier alpha value is -3.92. The molecule has 0 aliphatic carbocycles. The number of nitrogens with one attached hydrogen (secondary N) is 4. The topological polar surface area (TPSA) is 63.2 Å². The van der Waals surface area contributed by atoms with Gasteiger partial charge >= 0.3 is 0 Å². The summed E-state index contributed by atoms with van der Waals surface area (Å²) in [5.74, 6) is 0.